The summed E-state index contributed by atoms with van der Waals surface area (Å²) < 4.78 is 37.1. The molecule has 0 spiro atoms. The molecule has 3 heterocycles. The van der Waals surface area contributed by atoms with Crippen molar-refractivity contribution >= 4 is 21.1 Å². The Bertz CT molecular complexity index is 1520. The van der Waals surface area contributed by atoms with Crippen LogP contribution in [0.25, 0.3) is 22.4 Å². The molecule has 10 heteroatoms. The van der Waals surface area contributed by atoms with E-state index >= 15 is 0 Å². The molecule has 9 nitrogen and oxygen atoms in total. The van der Waals surface area contributed by atoms with Crippen molar-refractivity contribution in [2.75, 3.05) is 13.2 Å². The van der Waals surface area contributed by atoms with Gasteiger partial charge in [0.05, 0.1) is 22.8 Å². The SMILES string of the molecule is CCCc1nn(C)c2c(=O)[nH]c(-c3cc(S(=O)(=O)N4C[C@@]5(C)C[C@H]4CC(C)(C)C5)ccc3OCC)nc12. The quantitative estimate of drug-likeness (QED) is 0.492. The van der Waals surface area contributed by atoms with Crippen LogP contribution in [0.1, 0.15) is 66.0 Å². The monoisotopic (exact) mass is 527 g/mol. The molecule has 200 valence electrons. The predicted octanol–water partition coefficient (Wildman–Crippen LogP) is 4.26. The van der Waals surface area contributed by atoms with Crippen LogP contribution in [0.3, 0.4) is 0 Å². The van der Waals surface area contributed by atoms with Gasteiger partial charge in [0, 0.05) is 19.6 Å². The molecule has 0 amide bonds. The van der Waals surface area contributed by atoms with Gasteiger partial charge in [-0.2, -0.15) is 9.40 Å². The lowest BCUT2D eigenvalue weighted by molar-refractivity contribution is 0.133. The molecule has 37 heavy (non-hydrogen) atoms. The fourth-order valence-electron chi connectivity index (χ4n) is 6.74. The highest BCUT2D eigenvalue weighted by molar-refractivity contribution is 7.89. The van der Waals surface area contributed by atoms with E-state index in [2.05, 4.69) is 30.9 Å². The Morgan fingerprint density at radius 2 is 1.95 bits per heavy atom. The molecule has 2 atom stereocenters. The molecule has 1 aliphatic heterocycles. The largest absolute Gasteiger partial charge is 0.493 e. The summed E-state index contributed by atoms with van der Waals surface area (Å²) in [5.41, 5.74) is 1.87. The van der Waals surface area contributed by atoms with E-state index in [1.807, 2.05) is 13.8 Å². The average Bonchev–Trinajstić information content (AvgIpc) is 3.26. The molecular formula is C27H37N5O4S. The molecule has 1 aromatic carbocycles. The minimum atomic E-state index is -3.77. The number of fused-ring (bicyclic) bond motifs is 3. The molecule has 1 saturated carbocycles. The van der Waals surface area contributed by atoms with E-state index in [0.717, 1.165) is 31.4 Å². The summed E-state index contributed by atoms with van der Waals surface area (Å²) in [6.07, 6.45) is 4.28. The summed E-state index contributed by atoms with van der Waals surface area (Å²) >= 11 is 0. The van der Waals surface area contributed by atoms with E-state index in [-0.39, 0.29) is 33.2 Å². The molecule has 2 bridgehead atoms. The first-order chi connectivity index (χ1) is 17.4. The molecular weight excluding hydrogens is 490 g/mol. The van der Waals surface area contributed by atoms with Crippen molar-refractivity contribution in [2.24, 2.45) is 17.9 Å². The van der Waals surface area contributed by atoms with Crippen LogP contribution in [-0.2, 0) is 23.5 Å². The fraction of sp³-hybridized carbons (Fsp3) is 0.593. The first-order valence-electron chi connectivity index (χ1n) is 13.1. The van der Waals surface area contributed by atoms with Gasteiger partial charge in [0.2, 0.25) is 10.0 Å². The van der Waals surface area contributed by atoms with Crippen molar-refractivity contribution in [3.05, 3.63) is 34.2 Å². The van der Waals surface area contributed by atoms with E-state index in [1.54, 1.807) is 34.2 Å². The highest BCUT2D eigenvalue weighted by Crippen LogP contribution is 2.53. The van der Waals surface area contributed by atoms with Gasteiger partial charge in [0.1, 0.15) is 17.1 Å². The fourth-order valence-corrected chi connectivity index (χ4v) is 8.54. The van der Waals surface area contributed by atoms with Crippen molar-refractivity contribution in [2.45, 2.75) is 77.7 Å². The summed E-state index contributed by atoms with van der Waals surface area (Å²) in [5.74, 6) is 0.745. The summed E-state index contributed by atoms with van der Waals surface area (Å²) in [6.45, 7) is 11.5. The molecule has 3 aromatic rings. The summed E-state index contributed by atoms with van der Waals surface area (Å²) in [6, 6.07) is 4.84. The molecule has 2 fully saturated rings. The van der Waals surface area contributed by atoms with Gasteiger partial charge in [-0.25, -0.2) is 13.4 Å². The normalized spacial score (nSPS) is 23.6. The Balaban J connectivity index is 1.62. The number of benzene rings is 1. The zero-order valence-corrected chi connectivity index (χ0v) is 23.4. The molecule has 5 rings (SSSR count). The van der Waals surface area contributed by atoms with Crippen LogP contribution in [0.5, 0.6) is 5.75 Å². The number of aryl methyl sites for hydroxylation is 2. The number of nitrogens with zero attached hydrogens (tertiary/aromatic N) is 4. The van der Waals surface area contributed by atoms with Crippen LogP contribution >= 0.6 is 0 Å². The number of nitrogens with one attached hydrogen (secondary N) is 1. The molecule has 1 N–H and O–H groups in total. The zero-order valence-electron chi connectivity index (χ0n) is 22.6. The number of sulfonamides is 1. The number of hydrogen-bond donors (Lipinski definition) is 1. The van der Waals surface area contributed by atoms with Crippen LogP contribution in [0.2, 0.25) is 0 Å². The van der Waals surface area contributed by atoms with Gasteiger partial charge < -0.3 is 9.72 Å². The molecule has 1 saturated heterocycles. The van der Waals surface area contributed by atoms with Crippen LogP contribution in [-0.4, -0.2) is 51.7 Å². The van der Waals surface area contributed by atoms with Crippen LogP contribution < -0.4 is 10.3 Å². The van der Waals surface area contributed by atoms with E-state index in [9.17, 15) is 13.2 Å². The van der Waals surface area contributed by atoms with Gasteiger partial charge in [-0.3, -0.25) is 9.48 Å². The maximum absolute atomic E-state index is 14.0. The minimum Gasteiger partial charge on any atom is -0.493 e. The second-order valence-corrected chi connectivity index (χ2v) is 13.7. The third-order valence-corrected chi connectivity index (χ3v) is 9.62. The van der Waals surface area contributed by atoms with Crippen molar-refractivity contribution in [3.8, 4) is 17.1 Å². The smallest absolute Gasteiger partial charge is 0.277 e. The maximum Gasteiger partial charge on any atom is 0.277 e. The van der Waals surface area contributed by atoms with Gasteiger partial charge >= 0.3 is 0 Å². The predicted molar refractivity (Wildman–Crippen MR) is 143 cm³/mol. The Hall–Kier alpha value is -2.72. The van der Waals surface area contributed by atoms with Gasteiger partial charge in [0.15, 0.2) is 5.52 Å². The van der Waals surface area contributed by atoms with E-state index in [4.69, 9.17) is 9.72 Å². The molecule has 0 unspecified atom stereocenters. The molecule has 2 aromatic heterocycles. The highest BCUT2D eigenvalue weighted by Gasteiger charge is 2.53. The first-order valence-corrected chi connectivity index (χ1v) is 14.6. The second kappa shape index (κ2) is 8.94. The first kappa shape index (κ1) is 25.9. The van der Waals surface area contributed by atoms with Crippen molar-refractivity contribution in [1.29, 1.82) is 0 Å². The highest BCUT2D eigenvalue weighted by atomic mass is 32.2. The lowest BCUT2D eigenvalue weighted by atomic mass is 9.65. The Kier molecular flexibility index (Phi) is 6.26. The minimum absolute atomic E-state index is 0.0185. The molecule has 0 radical (unpaired) electrons. The Morgan fingerprint density at radius 1 is 1.19 bits per heavy atom. The zero-order chi connectivity index (χ0) is 26.8. The Morgan fingerprint density at radius 3 is 2.65 bits per heavy atom. The summed E-state index contributed by atoms with van der Waals surface area (Å²) in [4.78, 5) is 20.9. The topological polar surface area (TPSA) is 110 Å². The van der Waals surface area contributed by atoms with Gasteiger partial charge in [-0.1, -0.05) is 34.1 Å². The standard InChI is InChI=1S/C27H37N5O4S/c1-7-9-20-22-23(31(6)30-20)25(33)29-24(28-22)19-12-18(10-11-21(19)36-8-2)37(34,35)32-16-27(5)14-17(32)13-26(3,4)15-27/h10-12,17H,7-9,13-16H2,1-6H3,(H,28,29,33)/t17-,27+/m1/s1. The van der Waals surface area contributed by atoms with Crippen molar-refractivity contribution in [3.63, 3.8) is 0 Å². The van der Waals surface area contributed by atoms with Gasteiger partial charge in [-0.05, 0) is 61.6 Å². The van der Waals surface area contributed by atoms with E-state index in [0.29, 0.717) is 41.9 Å². The van der Waals surface area contributed by atoms with E-state index < -0.39 is 10.0 Å². The Labute approximate surface area is 218 Å². The maximum atomic E-state index is 14.0. The average molecular weight is 528 g/mol. The third-order valence-electron chi connectivity index (χ3n) is 7.73. The summed E-state index contributed by atoms with van der Waals surface area (Å²) in [7, 11) is -2.04. The lowest BCUT2D eigenvalue weighted by Crippen LogP contribution is -2.37. The van der Waals surface area contributed by atoms with Crippen LogP contribution in [0.15, 0.2) is 27.9 Å². The van der Waals surface area contributed by atoms with Crippen molar-refractivity contribution < 1.29 is 13.2 Å². The number of rotatable bonds is 7. The van der Waals surface area contributed by atoms with Gasteiger partial charge in [0.25, 0.3) is 5.56 Å². The van der Waals surface area contributed by atoms with E-state index in [1.165, 1.54) is 0 Å². The number of aromatic nitrogens is 4. The molecule has 2 aliphatic rings. The number of ether oxygens (including phenoxy) is 1. The summed E-state index contributed by atoms with van der Waals surface area (Å²) in [5, 5.41) is 4.49. The number of hydrogen-bond acceptors (Lipinski definition) is 6. The lowest BCUT2D eigenvalue weighted by Gasteiger charge is -2.39. The van der Waals surface area contributed by atoms with Crippen LogP contribution in [0.4, 0.5) is 0 Å². The third kappa shape index (κ3) is 4.48. The van der Waals surface area contributed by atoms with Gasteiger partial charge in [-0.15, -0.1) is 0 Å². The molecule has 1 aliphatic carbocycles. The van der Waals surface area contributed by atoms with Crippen LogP contribution in [0, 0.1) is 10.8 Å². The number of aromatic amines is 1. The number of H-pyrrole nitrogens is 1. The van der Waals surface area contributed by atoms with Crippen molar-refractivity contribution in [1.82, 2.24) is 24.1 Å². The second-order valence-electron chi connectivity index (χ2n) is 11.8.